The van der Waals surface area contributed by atoms with Gasteiger partial charge in [-0.1, -0.05) is 63.2 Å². The van der Waals surface area contributed by atoms with Gasteiger partial charge in [0.1, 0.15) is 17.8 Å². The third kappa shape index (κ3) is 3.59. The van der Waals surface area contributed by atoms with Crippen molar-refractivity contribution in [3.05, 3.63) is 83.7 Å². The highest BCUT2D eigenvalue weighted by Crippen LogP contribution is 2.38. The number of carbonyl (C=O) groups excluding carboxylic acids is 1. The van der Waals surface area contributed by atoms with E-state index in [1.807, 2.05) is 24.3 Å². The number of hydrogen-bond donors (Lipinski definition) is 0. The first kappa shape index (κ1) is 20.8. The van der Waals surface area contributed by atoms with Gasteiger partial charge in [-0.15, -0.1) is 10.2 Å². The zero-order valence-corrected chi connectivity index (χ0v) is 19.7. The summed E-state index contributed by atoms with van der Waals surface area (Å²) in [5, 5.41) is 8.37. The number of anilines is 1. The van der Waals surface area contributed by atoms with E-state index in [0.717, 1.165) is 46.6 Å². The van der Waals surface area contributed by atoms with E-state index in [9.17, 15) is 4.79 Å². The molecule has 0 saturated heterocycles. The van der Waals surface area contributed by atoms with E-state index in [2.05, 4.69) is 71.9 Å². The number of amides is 1. The molecule has 1 saturated carbocycles. The molecule has 1 amide bonds. The molecule has 1 aliphatic carbocycles. The smallest absolute Gasteiger partial charge is 0.260 e. The lowest BCUT2D eigenvalue weighted by atomic mass is 9.86. The van der Waals surface area contributed by atoms with E-state index in [1.54, 1.807) is 11.2 Å². The maximum Gasteiger partial charge on any atom is 0.260 e. The Labute approximate surface area is 199 Å². The van der Waals surface area contributed by atoms with Crippen LogP contribution in [0.5, 0.6) is 0 Å². The van der Waals surface area contributed by atoms with E-state index in [-0.39, 0.29) is 11.3 Å². The molecule has 170 valence electrons. The summed E-state index contributed by atoms with van der Waals surface area (Å²) >= 11 is 0. The molecule has 34 heavy (non-hydrogen) atoms. The predicted molar refractivity (Wildman–Crippen MR) is 133 cm³/mol. The topological polar surface area (TPSA) is 63.9 Å². The van der Waals surface area contributed by atoms with Crippen molar-refractivity contribution in [1.29, 1.82) is 0 Å². The van der Waals surface area contributed by atoms with Gasteiger partial charge in [0, 0.05) is 11.6 Å². The fourth-order valence-electron chi connectivity index (χ4n) is 4.57. The predicted octanol–water partition coefficient (Wildman–Crippen LogP) is 5.80. The average Bonchev–Trinajstić information content (AvgIpc) is 3.47. The summed E-state index contributed by atoms with van der Waals surface area (Å²) < 4.78 is 2.09. The standard InChI is InChI=1S/C28H27N5O/c1-28(2,3)21-11-9-18(10-12-21)19-7-8-20-16-32(27(34)23(20)15-19)25-6-4-5-24(30-25)26-31-29-17-33(26)22-13-14-22/h4-12,15,17,22H,13-14,16H2,1-3H3. The molecule has 2 aromatic heterocycles. The number of hydrogen-bond acceptors (Lipinski definition) is 4. The maximum absolute atomic E-state index is 13.4. The van der Waals surface area contributed by atoms with Gasteiger partial charge in [0.15, 0.2) is 5.82 Å². The van der Waals surface area contributed by atoms with Crippen molar-refractivity contribution in [2.45, 2.75) is 51.6 Å². The van der Waals surface area contributed by atoms with E-state index < -0.39 is 0 Å². The fraction of sp³-hybridized carbons (Fsp3) is 0.286. The van der Waals surface area contributed by atoms with Gasteiger partial charge in [-0.3, -0.25) is 9.69 Å². The van der Waals surface area contributed by atoms with E-state index in [0.29, 0.717) is 18.4 Å². The second-order valence-electron chi connectivity index (χ2n) is 10.3. The zero-order chi connectivity index (χ0) is 23.4. The zero-order valence-electron chi connectivity index (χ0n) is 19.7. The van der Waals surface area contributed by atoms with Crippen LogP contribution in [0, 0.1) is 0 Å². The van der Waals surface area contributed by atoms with Crippen LogP contribution in [0.1, 0.15) is 61.1 Å². The van der Waals surface area contributed by atoms with Gasteiger partial charge in [-0.25, -0.2) is 4.98 Å². The highest BCUT2D eigenvalue weighted by molar-refractivity contribution is 6.10. The Kier molecular flexibility index (Phi) is 4.66. The van der Waals surface area contributed by atoms with Crippen LogP contribution in [0.15, 0.2) is 67.0 Å². The second kappa shape index (κ2) is 7.62. The van der Waals surface area contributed by atoms with E-state index >= 15 is 0 Å². The molecule has 4 aromatic rings. The molecule has 0 atom stereocenters. The van der Waals surface area contributed by atoms with Crippen molar-refractivity contribution in [3.63, 3.8) is 0 Å². The summed E-state index contributed by atoms with van der Waals surface area (Å²) in [6.45, 7) is 7.15. The lowest BCUT2D eigenvalue weighted by molar-refractivity contribution is 0.0996. The molecule has 3 heterocycles. The number of carbonyl (C=O) groups is 1. The SMILES string of the molecule is CC(C)(C)c1ccc(-c2ccc3c(c2)C(=O)N(c2cccc(-c4nncn4C4CC4)n2)C3)cc1. The lowest BCUT2D eigenvalue weighted by Crippen LogP contribution is -2.24. The summed E-state index contributed by atoms with van der Waals surface area (Å²) in [6.07, 6.45) is 4.06. The van der Waals surface area contributed by atoms with E-state index in [1.165, 1.54) is 5.56 Å². The number of nitrogens with zero attached hydrogens (tertiary/aromatic N) is 5. The van der Waals surface area contributed by atoms with Crippen LogP contribution in [0.3, 0.4) is 0 Å². The number of aromatic nitrogens is 4. The van der Waals surface area contributed by atoms with Crippen LogP contribution in [-0.4, -0.2) is 25.7 Å². The fourth-order valence-corrected chi connectivity index (χ4v) is 4.57. The molecule has 0 radical (unpaired) electrons. The minimum atomic E-state index is -0.0172. The minimum Gasteiger partial charge on any atom is -0.309 e. The van der Waals surface area contributed by atoms with Crippen LogP contribution in [0.4, 0.5) is 5.82 Å². The monoisotopic (exact) mass is 449 g/mol. The Morgan fingerprint density at radius 2 is 1.71 bits per heavy atom. The third-order valence-electron chi connectivity index (χ3n) is 6.75. The van der Waals surface area contributed by atoms with Crippen LogP contribution in [-0.2, 0) is 12.0 Å². The minimum absolute atomic E-state index is 0.0172. The Balaban J connectivity index is 1.29. The molecule has 6 nitrogen and oxygen atoms in total. The first-order valence-electron chi connectivity index (χ1n) is 11.8. The third-order valence-corrected chi connectivity index (χ3v) is 6.75. The van der Waals surface area contributed by atoms with Crippen molar-refractivity contribution in [3.8, 4) is 22.6 Å². The molecule has 2 aromatic carbocycles. The van der Waals surface area contributed by atoms with Crippen LogP contribution in [0.25, 0.3) is 22.6 Å². The van der Waals surface area contributed by atoms with Crippen LogP contribution in [0.2, 0.25) is 0 Å². The molecular formula is C28H27N5O. The van der Waals surface area contributed by atoms with Gasteiger partial charge in [0.25, 0.3) is 5.91 Å². The van der Waals surface area contributed by atoms with Gasteiger partial charge in [0.05, 0.1) is 6.54 Å². The van der Waals surface area contributed by atoms with Crippen molar-refractivity contribution in [2.24, 2.45) is 0 Å². The van der Waals surface area contributed by atoms with Gasteiger partial charge in [-0.2, -0.15) is 0 Å². The van der Waals surface area contributed by atoms with Crippen molar-refractivity contribution >= 4 is 11.7 Å². The Morgan fingerprint density at radius 3 is 2.44 bits per heavy atom. The summed E-state index contributed by atoms with van der Waals surface area (Å²) in [7, 11) is 0. The first-order chi connectivity index (χ1) is 16.4. The highest BCUT2D eigenvalue weighted by atomic mass is 16.2. The largest absolute Gasteiger partial charge is 0.309 e. The molecular weight excluding hydrogens is 422 g/mol. The molecule has 1 fully saturated rings. The number of benzene rings is 2. The first-order valence-corrected chi connectivity index (χ1v) is 11.8. The number of pyridine rings is 1. The molecule has 2 aliphatic rings. The summed E-state index contributed by atoms with van der Waals surface area (Å²) in [6, 6.07) is 21.0. The molecule has 6 heteroatoms. The molecule has 0 unspecified atom stereocenters. The molecule has 0 N–H and O–H groups in total. The van der Waals surface area contributed by atoms with Gasteiger partial charge < -0.3 is 4.57 Å². The highest BCUT2D eigenvalue weighted by Gasteiger charge is 2.31. The van der Waals surface area contributed by atoms with Gasteiger partial charge >= 0.3 is 0 Å². The number of fused-ring (bicyclic) bond motifs is 1. The van der Waals surface area contributed by atoms with Crippen molar-refractivity contribution in [2.75, 3.05) is 4.90 Å². The summed E-state index contributed by atoms with van der Waals surface area (Å²) in [5.74, 6) is 1.38. The summed E-state index contributed by atoms with van der Waals surface area (Å²) in [5.41, 5.74) is 6.07. The van der Waals surface area contributed by atoms with Gasteiger partial charge in [-0.05, 0) is 58.7 Å². The maximum atomic E-state index is 13.4. The Morgan fingerprint density at radius 1 is 0.941 bits per heavy atom. The van der Waals surface area contributed by atoms with Crippen LogP contribution < -0.4 is 4.90 Å². The summed E-state index contributed by atoms with van der Waals surface area (Å²) in [4.78, 5) is 19.9. The molecule has 6 rings (SSSR count). The van der Waals surface area contributed by atoms with Crippen LogP contribution >= 0.6 is 0 Å². The van der Waals surface area contributed by atoms with Gasteiger partial charge in [0.2, 0.25) is 0 Å². The average molecular weight is 450 g/mol. The molecule has 0 bridgehead atoms. The normalized spacial score (nSPS) is 15.6. The second-order valence-corrected chi connectivity index (χ2v) is 10.3. The molecule has 1 aliphatic heterocycles. The lowest BCUT2D eigenvalue weighted by Gasteiger charge is -2.19. The van der Waals surface area contributed by atoms with Crippen molar-refractivity contribution in [1.82, 2.24) is 19.7 Å². The Hall–Kier alpha value is -3.80. The molecule has 0 spiro atoms. The number of rotatable bonds is 4. The Bertz CT molecular complexity index is 1390. The van der Waals surface area contributed by atoms with E-state index in [4.69, 9.17) is 4.98 Å². The van der Waals surface area contributed by atoms with Crippen molar-refractivity contribution < 1.29 is 4.79 Å². The quantitative estimate of drug-likeness (QED) is 0.395.